The van der Waals surface area contributed by atoms with Gasteiger partial charge in [0.1, 0.15) is 6.10 Å². The molecule has 0 rings (SSSR count). The summed E-state index contributed by atoms with van der Waals surface area (Å²) in [5.74, 6) is -0.445. The van der Waals surface area contributed by atoms with Gasteiger partial charge in [-0.25, -0.2) is 0 Å². The average Bonchev–Trinajstić information content (AvgIpc) is 3.28. The predicted octanol–water partition coefficient (Wildman–Crippen LogP) is 17.5. The third-order valence-electron chi connectivity index (χ3n) is 13.7. The summed E-state index contributed by atoms with van der Waals surface area (Å²) in [5, 5.41) is 23.8. The van der Waals surface area contributed by atoms with Crippen LogP contribution in [-0.2, 0) is 14.3 Å². The van der Waals surface area contributed by atoms with E-state index in [0.717, 1.165) is 38.5 Å². The average molecular weight is 893 g/mol. The van der Waals surface area contributed by atoms with E-state index in [1.165, 1.54) is 244 Å². The lowest BCUT2D eigenvalue weighted by atomic mass is 10.0. The minimum Gasteiger partial charge on any atom is -0.462 e. The number of hydrogen-bond donors (Lipinski definition) is 3. The number of aliphatic hydroxyl groups excluding tert-OH is 2. The van der Waals surface area contributed by atoms with Gasteiger partial charge >= 0.3 is 5.97 Å². The maximum absolute atomic E-state index is 13.2. The second-order valence-electron chi connectivity index (χ2n) is 20.1. The maximum Gasteiger partial charge on any atom is 0.306 e. The van der Waals surface area contributed by atoms with Crippen LogP contribution in [0.5, 0.6) is 0 Å². The van der Waals surface area contributed by atoms with Crippen molar-refractivity contribution >= 4 is 11.9 Å². The lowest BCUT2D eigenvalue weighted by Gasteiger charge is -2.24. The van der Waals surface area contributed by atoms with Crippen LogP contribution in [0.3, 0.4) is 0 Å². The fourth-order valence-electron chi connectivity index (χ4n) is 9.32. The van der Waals surface area contributed by atoms with Gasteiger partial charge in [-0.15, -0.1) is 0 Å². The fourth-order valence-corrected chi connectivity index (χ4v) is 9.32. The van der Waals surface area contributed by atoms with E-state index in [0.29, 0.717) is 19.3 Å². The largest absolute Gasteiger partial charge is 0.462 e. The Labute approximate surface area is 394 Å². The summed E-state index contributed by atoms with van der Waals surface area (Å²) in [4.78, 5) is 26.2. The van der Waals surface area contributed by atoms with Gasteiger partial charge in [-0.05, 0) is 25.7 Å². The Morgan fingerprint density at radius 1 is 0.397 bits per heavy atom. The van der Waals surface area contributed by atoms with Crippen LogP contribution in [0.4, 0.5) is 0 Å². The Morgan fingerprint density at radius 3 is 0.968 bits per heavy atom. The maximum atomic E-state index is 13.2. The minimum absolute atomic E-state index is 0.0884. The third kappa shape index (κ3) is 47.2. The molecule has 0 saturated heterocycles. The van der Waals surface area contributed by atoms with Gasteiger partial charge in [0.2, 0.25) is 5.91 Å². The molecule has 63 heavy (non-hydrogen) atoms. The zero-order chi connectivity index (χ0) is 45.9. The van der Waals surface area contributed by atoms with E-state index in [4.69, 9.17) is 4.74 Å². The molecule has 0 fully saturated rings. The number of hydrogen-bond acceptors (Lipinski definition) is 5. The Balaban J connectivity index is 4.46. The summed E-state index contributed by atoms with van der Waals surface area (Å²) in [7, 11) is 0. The minimum atomic E-state index is -0.779. The molecule has 0 aromatic carbocycles. The van der Waals surface area contributed by atoms with E-state index in [1.807, 2.05) is 0 Å². The van der Waals surface area contributed by atoms with E-state index in [-0.39, 0.29) is 24.9 Å². The molecule has 0 aromatic rings. The molecule has 0 spiro atoms. The first-order valence-corrected chi connectivity index (χ1v) is 28.8. The van der Waals surface area contributed by atoms with E-state index in [1.54, 1.807) is 0 Å². The first-order valence-electron chi connectivity index (χ1n) is 28.8. The molecule has 3 N–H and O–H groups in total. The molecule has 0 aromatic heterocycles. The molecule has 0 heterocycles. The van der Waals surface area contributed by atoms with Crippen molar-refractivity contribution in [3.05, 3.63) is 0 Å². The summed E-state index contributed by atoms with van der Waals surface area (Å²) in [6.07, 6.45) is 57.5. The number of unbranched alkanes of at least 4 members (excludes halogenated alkanes) is 41. The van der Waals surface area contributed by atoms with Crippen molar-refractivity contribution in [2.75, 3.05) is 6.61 Å². The molecule has 6 heteroatoms. The fraction of sp³-hybridized carbons (Fsp3) is 0.965. The lowest BCUT2D eigenvalue weighted by molar-refractivity contribution is -0.151. The van der Waals surface area contributed by atoms with Gasteiger partial charge in [0.15, 0.2) is 0 Å². The van der Waals surface area contributed by atoms with Crippen LogP contribution in [0, 0.1) is 0 Å². The van der Waals surface area contributed by atoms with Crippen LogP contribution in [0.25, 0.3) is 0 Å². The van der Waals surface area contributed by atoms with Crippen molar-refractivity contribution in [3.8, 4) is 0 Å². The number of esters is 1. The molecule has 376 valence electrons. The van der Waals surface area contributed by atoms with Crippen LogP contribution in [0.2, 0.25) is 0 Å². The van der Waals surface area contributed by atoms with Crippen molar-refractivity contribution in [1.29, 1.82) is 0 Å². The van der Waals surface area contributed by atoms with Crippen molar-refractivity contribution in [1.82, 2.24) is 5.32 Å². The van der Waals surface area contributed by atoms with Gasteiger partial charge in [-0.3, -0.25) is 9.59 Å². The highest BCUT2D eigenvalue weighted by Crippen LogP contribution is 2.19. The van der Waals surface area contributed by atoms with Crippen LogP contribution < -0.4 is 5.32 Å². The first-order chi connectivity index (χ1) is 31.0. The SMILES string of the molecule is CCCCCCCCCCCCCCCCCCCCC(=O)OC(CCCCCCCCCCCCCCCCCC)CC(=O)NC(CO)C(O)CCCCCCCCCCCC. The summed E-state index contributed by atoms with van der Waals surface area (Å²) < 4.78 is 5.97. The van der Waals surface area contributed by atoms with Crippen molar-refractivity contribution in [2.45, 2.75) is 347 Å². The highest BCUT2D eigenvalue weighted by atomic mass is 16.5. The number of aliphatic hydroxyl groups is 2. The number of carbonyl (C=O) groups excluding carboxylic acids is 2. The number of amides is 1. The van der Waals surface area contributed by atoms with Gasteiger partial charge in [0, 0.05) is 6.42 Å². The quantitative estimate of drug-likeness (QED) is 0.0418. The van der Waals surface area contributed by atoms with Crippen LogP contribution in [-0.4, -0.2) is 46.9 Å². The Hall–Kier alpha value is -1.14. The summed E-state index contributed by atoms with van der Waals surface area (Å²) in [6.45, 7) is 6.52. The number of nitrogens with one attached hydrogen (secondary N) is 1. The normalized spacial score (nSPS) is 13.0. The summed E-state index contributed by atoms with van der Waals surface area (Å²) >= 11 is 0. The molecule has 0 aliphatic carbocycles. The third-order valence-corrected chi connectivity index (χ3v) is 13.7. The molecule has 1 amide bonds. The number of rotatable bonds is 53. The molecule has 0 aliphatic heterocycles. The number of carbonyl (C=O) groups is 2. The Bertz CT molecular complexity index is 913. The predicted molar refractivity (Wildman–Crippen MR) is 274 cm³/mol. The van der Waals surface area contributed by atoms with Gasteiger partial charge in [-0.1, -0.05) is 290 Å². The second kappa shape index (κ2) is 51.8. The molecule has 0 saturated carbocycles. The van der Waals surface area contributed by atoms with Crippen LogP contribution in [0.1, 0.15) is 329 Å². The zero-order valence-electron chi connectivity index (χ0n) is 43.0. The van der Waals surface area contributed by atoms with E-state index in [2.05, 4.69) is 26.1 Å². The molecule has 3 atom stereocenters. The van der Waals surface area contributed by atoms with Crippen molar-refractivity contribution < 1.29 is 24.5 Å². The van der Waals surface area contributed by atoms with Crippen molar-refractivity contribution in [3.63, 3.8) is 0 Å². The first kappa shape index (κ1) is 61.9. The van der Waals surface area contributed by atoms with Gasteiger partial charge in [-0.2, -0.15) is 0 Å². The van der Waals surface area contributed by atoms with Crippen LogP contribution in [0.15, 0.2) is 0 Å². The standard InChI is InChI=1S/C57H113NO5/c1-4-7-10-13-16-19-22-24-26-28-29-31-33-35-38-41-44-47-50-57(62)63-53(48-45-42-39-36-34-32-30-27-25-23-20-17-14-11-8-5-2)51-56(61)58-54(52-59)55(60)49-46-43-40-37-21-18-15-12-9-6-3/h53-55,59-60H,4-52H2,1-3H3,(H,58,61). The van der Waals surface area contributed by atoms with Crippen molar-refractivity contribution in [2.24, 2.45) is 0 Å². The highest BCUT2D eigenvalue weighted by Gasteiger charge is 2.24. The van der Waals surface area contributed by atoms with Gasteiger partial charge in [0.25, 0.3) is 0 Å². The molecular formula is C57H113NO5. The topological polar surface area (TPSA) is 95.9 Å². The van der Waals surface area contributed by atoms with Gasteiger partial charge < -0.3 is 20.3 Å². The Morgan fingerprint density at radius 2 is 0.667 bits per heavy atom. The van der Waals surface area contributed by atoms with E-state index >= 15 is 0 Å². The smallest absolute Gasteiger partial charge is 0.306 e. The monoisotopic (exact) mass is 892 g/mol. The molecule has 0 radical (unpaired) electrons. The number of ether oxygens (including phenoxy) is 1. The van der Waals surface area contributed by atoms with E-state index in [9.17, 15) is 19.8 Å². The van der Waals surface area contributed by atoms with Crippen LogP contribution >= 0.6 is 0 Å². The highest BCUT2D eigenvalue weighted by molar-refractivity contribution is 5.77. The molecule has 6 nitrogen and oxygen atoms in total. The lowest BCUT2D eigenvalue weighted by Crippen LogP contribution is -2.46. The summed E-state index contributed by atoms with van der Waals surface area (Å²) in [5.41, 5.74) is 0. The molecule has 0 aliphatic rings. The Kier molecular flexibility index (Phi) is 50.9. The van der Waals surface area contributed by atoms with Gasteiger partial charge in [0.05, 0.1) is 25.2 Å². The second-order valence-corrected chi connectivity index (χ2v) is 20.1. The summed E-state index contributed by atoms with van der Waals surface area (Å²) in [6, 6.07) is -0.692. The molecule has 0 bridgehead atoms. The molecular weight excluding hydrogens is 779 g/mol. The molecule has 3 unspecified atom stereocenters. The van der Waals surface area contributed by atoms with E-state index < -0.39 is 18.2 Å². The zero-order valence-corrected chi connectivity index (χ0v) is 43.0.